The summed E-state index contributed by atoms with van der Waals surface area (Å²) in [4.78, 5) is 17.8. The van der Waals surface area contributed by atoms with E-state index in [0.717, 1.165) is 24.1 Å². The molecular weight excluding hydrogens is 236 g/mol. The van der Waals surface area contributed by atoms with Crippen molar-refractivity contribution < 1.29 is 4.79 Å². The molecule has 98 valence electrons. The Bertz CT molecular complexity index is 627. The van der Waals surface area contributed by atoms with E-state index < -0.39 is 0 Å². The summed E-state index contributed by atoms with van der Waals surface area (Å²) in [6.45, 7) is 5.56. The van der Waals surface area contributed by atoms with Gasteiger partial charge in [-0.3, -0.25) is 4.79 Å². The van der Waals surface area contributed by atoms with Crippen LogP contribution in [0.2, 0.25) is 0 Å². The number of aromatic amines is 1. The molecule has 1 aliphatic heterocycles. The highest BCUT2D eigenvalue weighted by Gasteiger charge is 2.23. The first kappa shape index (κ1) is 12.0. The second-order valence-corrected chi connectivity index (χ2v) is 5.28. The topological polar surface area (TPSA) is 36.1 Å². The molecule has 1 amide bonds. The third-order valence-electron chi connectivity index (χ3n) is 3.82. The zero-order chi connectivity index (χ0) is 13.4. The van der Waals surface area contributed by atoms with Gasteiger partial charge in [0, 0.05) is 37.0 Å². The molecule has 3 nitrogen and oxygen atoms in total. The van der Waals surface area contributed by atoms with Gasteiger partial charge in [-0.25, -0.2) is 0 Å². The van der Waals surface area contributed by atoms with Gasteiger partial charge in [0.2, 0.25) is 0 Å². The van der Waals surface area contributed by atoms with E-state index in [4.69, 9.17) is 0 Å². The quantitative estimate of drug-likeness (QED) is 0.834. The first-order chi connectivity index (χ1) is 9.15. The van der Waals surface area contributed by atoms with Crippen LogP contribution in [0.1, 0.15) is 32.7 Å². The number of carbonyl (C=O) groups is 1. The van der Waals surface area contributed by atoms with E-state index in [0.29, 0.717) is 6.54 Å². The van der Waals surface area contributed by atoms with Crippen LogP contribution >= 0.6 is 0 Å². The van der Waals surface area contributed by atoms with Crippen LogP contribution in [0.4, 0.5) is 0 Å². The predicted molar refractivity (Wildman–Crippen MR) is 75.2 cm³/mol. The van der Waals surface area contributed by atoms with Gasteiger partial charge in [0.15, 0.2) is 0 Å². The summed E-state index contributed by atoms with van der Waals surface area (Å²) in [5.41, 5.74) is 5.59. The van der Waals surface area contributed by atoms with Gasteiger partial charge < -0.3 is 9.88 Å². The van der Waals surface area contributed by atoms with Gasteiger partial charge in [-0.1, -0.05) is 17.7 Å². The molecule has 2 aromatic rings. The van der Waals surface area contributed by atoms with E-state index in [-0.39, 0.29) is 5.91 Å². The number of amides is 1. The molecular formula is C16H18N2O. The molecule has 1 N–H and O–H groups in total. The number of benzene rings is 1. The van der Waals surface area contributed by atoms with Crippen LogP contribution in [0.3, 0.4) is 0 Å². The van der Waals surface area contributed by atoms with E-state index in [9.17, 15) is 4.79 Å². The number of hydrogen-bond acceptors (Lipinski definition) is 1. The molecule has 1 aliphatic rings. The fourth-order valence-corrected chi connectivity index (χ4v) is 2.75. The molecule has 0 radical (unpaired) electrons. The largest absolute Gasteiger partial charge is 0.365 e. The normalized spacial score (nSPS) is 14.3. The van der Waals surface area contributed by atoms with Gasteiger partial charge in [0.05, 0.1) is 0 Å². The summed E-state index contributed by atoms with van der Waals surface area (Å²) in [5, 5.41) is 0. The highest BCUT2D eigenvalue weighted by Crippen LogP contribution is 2.21. The molecule has 0 unspecified atom stereocenters. The molecule has 1 aromatic heterocycles. The average molecular weight is 254 g/mol. The van der Waals surface area contributed by atoms with Crippen LogP contribution in [0.25, 0.3) is 0 Å². The Morgan fingerprint density at radius 1 is 1.26 bits per heavy atom. The molecule has 0 aliphatic carbocycles. The van der Waals surface area contributed by atoms with Crippen LogP contribution in [-0.4, -0.2) is 22.3 Å². The minimum Gasteiger partial charge on any atom is -0.365 e. The number of H-pyrrole nitrogens is 1. The zero-order valence-electron chi connectivity index (χ0n) is 11.4. The molecule has 0 bridgehead atoms. The lowest BCUT2D eigenvalue weighted by Crippen LogP contribution is -2.36. The number of carbonyl (C=O) groups excluding carboxylic acids is 1. The Morgan fingerprint density at radius 2 is 2.11 bits per heavy atom. The van der Waals surface area contributed by atoms with Crippen LogP contribution in [-0.2, 0) is 13.0 Å². The minimum absolute atomic E-state index is 0.143. The highest BCUT2D eigenvalue weighted by atomic mass is 16.2. The number of aromatic nitrogens is 1. The average Bonchev–Trinajstić information content (AvgIpc) is 2.85. The van der Waals surface area contributed by atoms with Crippen molar-refractivity contribution in [3.8, 4) is 0 Å². The van der Waals surface area contributed by atoms with Crippen LogP contribution in [0, 0.1) is 13.8 Å². The predicted octanol–water partition coefficient (Wildman–Crippen LogP) is 2.83. The number of nitrogens with one attached hydrogen (secondary N) is 1. The minimum atomic E-state index is 0.143. The van der Waals surface area contributed by atoms with Gasteiger partial charge >= 0.3 is 0 Å². The maximum atomic E-state index is 12.6. The third kappa shape index (κ3) is 2.16. The van der Waals surface area contributed by atoms with Gasteiger partial charge in [0.1, 0.15) is 0 Å². The number of rotatable bonds is 1. The second-order valence-electron chi connectivity index (χ2n) is 5.28. The Kier molecular flexibility index (Phi) is 2.90. The maximum Gasteiger partial charge on any atom is 0.254 e. The van der Waals surface area contributed by atoms with E-state index in [1.54, 1.807) is 0 Å². The van der Waals surface area contributed by atoms with Crippen molar-refractivity contribution in [1.82, 2.24) is 9.88 Å². The van der Waals surface area contributed by atoms with Gasteiger partial charge in [0.25, 0.3) is 5.91 Å². The summed E-state index contributed by atoms with van der Waals surface area (Å²) < 4.78 is 0. The van der Waals surface area contributed by atoms with E-state index in [1.165, 1.54) is 16.8 Å². The van der Waals surface area contributed by atoms with Crippen molar-refractivity contribution in [2.24, 2.45) is 0 Å². The standard InChI is InChI=1S/C16H18N2O/c1-11-3-4-14(12(2)9-11)16(19)18-8-6-15-13(10-18)5-7-17-15/h3-5,7,9,17H,6,8,10H2,1-2H3. The first-order valence-corrected chi connectivity index (χ1v) is 6.67. The summed E-state index contributed by atoms with van der Waals surface area (Å²) >= 11 is 0. The number of fused-ring (bicyclic) bond motifs is 1. The van der Waals surface area contributed by atoms with E-state index in [2.05, 4.69) is 17.1 Å². The highest BCUT2D eigenvalue weighted by molar-refractivity contribution is 5.95. The molecule has 0 saturated heterocycles. The molecule has 0 spiro atoms. The van der Waals surface area contributed by atoms with Gasteiger partial charge in [-0.2, -0.15) is 0 Å². The Balaban J connectivity index is 1.85. The van der Waals surface area contributed by atoms with Crippen molar-refractivity contribution in [1.29, 1.82) is 0 Å². The summed E-state index contributed by atoms with van der Waals surface area (Å²) in [6.07, 6.45) is 2.87. The molecule has 3 rings (SSSR count). The van der Waals surface area contributed by atoms with Crippen LogP contribution in [0.5, 0.6) is 0 Å². The van der Waals surface area contributed by atoms with E-state index in [1.807, 2.05) is 37.1 Å². The van der Waals surface area contributed by atoms with Crippen molar-refractivity contribution in [2.45, 2.75) is 26.8 Å². The number of nitrogens with zero attached hydrogens (tertiary/aromatic N) is 1. The molecule has 0 fully saturated rings. The summed E-state index contributed by atoms with van der Waals surface area (Å²) in [7, 11) is 0. The fraction of sp³-hybridized carbons (Fsp3) is 0.312. The Labute approximate surface area is 113 Å². The SMILES string of the molecule is Cc1ccc(C(=O)N2CCc3[nH]ccc3C2)c(C)c1. The molecule has 3 heteroatoms. The molecule has 0 saturated carbocycles. The Hall–Kier alpha value is -2.03. The van der Waals surface area contributed by atoms with Gasteiger partial charge in [-0.05, 0) is 37.1 Å². The van der Waals surface area contributed by atoms with Crippen molar-refractivity contribution in [3.05, 3.63) is 58.4 Å². The summed E-state index contributed by atoms with van der Waals surface area (Å²) in [6, 6.07) is 8.08. The van der Waals surface area contributed by atoms with Crippen LogP contribution < -0.4 is 0 Å². The lowest BCUT2D eigenvalue weighted by atomic mass is 10.0. The molecule has 2 heterocycles. The lowest BCUT2D eigenvalue weighted by molar-refractivity contribution is 0.0733. The van der Waals surface area contributed by atoms with Crippen molar-refractivity contribution in [3.63, 3.8) is 0 Å². The van der Waals surface area contributed by atoms with Crippen molar-refractivity contribution >= 4 is 5.91 Å². The lowest BCUT2D eigenvalue weighted by Gasteiger charge is -2.27. The molecule has 19 heavy (non-hydrogen) atoms. The monoisotopic (exact) mass is 254 g/mol. The summed E-state index contributed by atoms with van der Waals surface area (Å²) in [5.74, 6) is 0.143. The number of aryl methyl sites for hydroxylation is 2. The fourth-order valence-electron chi connectivity index (χ4n) is 2.75. The molecule has 0 atom stereocenters. The smallest absolute Gasteiger partial charge is 0.254 e. The van der Waals surface area contributed by atoms with Crippen LogP contribution in [0.15, 0.2) is 30.5 Å². The Morgan fingerprint density at radius 3 is 2.89 bits per heavy atom. The maximum absolute atomic E-state index is 12.6. The van der Waals surface area contributed by atoms with E-state index >= 15 is 0 Å². The first-order valence-electron chi connectivity index (χ1n) is 6.67. The second kappa shape index (κ2) is 4.57. The number of hydrogen-bond donors (Lipinski definition) is 1. The molecule has 1 aromatic carbocycles. The van der Waals surface area contributed by atoms with Gasteiger partial charge in [-0.15, -0.1) is 0 Å². The van der Waals surface area contributed by atoms with Crippen molar-refractivity contribution in [2.75, 3.05) is 6.54 Å². The zero-order valence-corrected chi connectivity index (χ0v) is 11.4. The third-order valence-corrected chi connectivity index (χ3v) is 3.82.